The van der Waals surface area contributed by atoms with Gasteiger partial charge in [-0.15, -0.1) is 0 Å². The van der Waals surface area contributed by atoms with Gasteiger partial charge in [0.1, 0.15) is 0 Å². The standard InChI is InChI=1S/C15H24N4O/c1-10-6-7-12(8-11(10)2)19-14(16)18-9-15(3,4)13(20)17-5/h6-8H,9H2,1-5H3,(H,17,20)(H3,16,18,19). The lowest BCUT2D eigenvalue weighted by molar-refractivity contribution is -0.128. The number of carbonyl (C=O) groups excluding carboxylic acids is 1. The zero-order valence-electron chi connectivity index (χ0n) is 12.9. The highest BCUT2D eigenvalue weighted by molar-refractivity contribution is 5.92. The number of nitrogens with zero attached hydrogens (tertiary/aromatic N) is 1. The molecule has 0 bridgehead atoms. The lowest BCUT2D eigenvalue weighted by Gasteiger charge is -2.20. The second-order valence-corrected chi connectivity index (χ2v) is 5.59. The summed E-state index contributed by atoms with van der Waals surface area (Å²) >= 11 is 0. The van der Waals surface area contributed by atoms with Gasteiger partial charge in [0.15, 0.2) is 5.96 Å². The van der Waals surface area contributed by atoms with Crippen molar-refractivity contribution in [2.75, 3.05) is 18.9 Å². The molecule has 5 heteroatoms. The Bertz CT molecular complexity index is 521. The summed E-state index contributed by atoms with van der Waals surface area (Å²) in [7, 11) is 1.62. The van der Waals surface area contributed by atoms with Crippen molar-refractivity contribution in [3.63, 3.8) is 0 Å². The summed E-state index contributed by atoms with van der Waals surface area (Å²) in [6.45, 7) is 8.10. The Balaban J connectivity index is 2.70. The molecule has 5 nitrogen and oxygen atoms in total. The number of benzene rings is 1. The third kappa shape index (κ3) is 4.26. The van der Waals surface area contributed by atoms with E-state index in [2.05, 4.69) is 22.5 Å². The van der Waals surface area contributed by atoms with Crippen LogP contribution in [0.4, 0.5) is 5.69 Å². The Morgan fingerprint density at radius 2 is 1.95 bits per heavy atom. The van der Waals surface area contributed by atoms with Crippen LogP contribution < -0.4 is 16.4 Å². The summed E-state index contributed by atoms with van der Waals surface area (Å²) < 4.78 is 0. The van der Waals surface area contributed by atoms with Crippen molar-refractivity contribution in [1.82, 2.24) is 5.32 Å². The second-order valence-electron chi connectivity index (χ2n) is 5.59. The Kier molecular flexibility index (Phi) is 5.13. The number of nitrogens with two attached hydrogens (primary N) is 1. The minimum Gasteiger partial charge on any atom is -0.370 e. The lowest BCUT2D eigenvalue weighted by atomic mass is 9.93. The molecule has 20 heavy (non-hydrogen) atoms. The number of rotatable bonds is 4. The molecule has 0 aliphatic heterocycles. The van der Waals surface area contributed by atoms with Crippen molar-refractivity contribution < 1.29 is 4.79 Å². The number of anilines is 1. The van der Waals surface area contributed by atoms with Gasteiger partial charge in [0.05, 0.1) is 12.0 Å². The van der Waals surface area contributed by atoms with Gasteiger partial charge < -0.3 is 16.4 Å². The van der Waals surface area contributed by atoms with Crippen LogP contribution in [0.1, 0.15) is 25.0 Å². The first-order chi connectivity index (χ1) is 9.26. The van der Waals surface area contributed by atoms with Crippen molar-refractivity contribution in [2.45, 2.75) is 27.7 Å². The van der Waals surface area contributed by atoms with Crippen LogP contribution >= 0.6 is 0 Å². The van der Waals surface area contributed by atoms with E-state index in [1.54, 1.807) is 7.05 Å². The first-order valence-corrected chi connectivity index (χ1v) is 6.62. The van der Waals surface area contributed by atoms with Gasteiger partial charge in [0.2, 0.25) is 5.91 Å². The predicted octanol–water partition coefficient (Wildman–Crippen LogP) is 1.80. The van der Waals surface area contributed by atoms with Crippen molar-refractivity contribution >= 4 is 17.6 Å². The molecule has 1 aromatic carbocycles. The molecule has 0 atom stereocenters. The summed E-state index contributed by atoms with van der Waals surface area (Å²) in [5, 5.41) is 5.66. The molecule has 0 heterocycles. The summed E-state index contributed by atoms with van der Waals surface area (Å²) in [6.07, 6.45) is 0. The second kappa shape index (κ2) is 6.41. The van der Waals surface area contributed by atoms with Crippen molar-refractivity contribution in [2.24, 2.45) is 16.1 Å². The number of aliphatic imine (C=N–C) groups is 1. The van der Waals surface area contributed by atoms with Crippen LogP contribution in [0.25, 0.3) is 0 Å². The smallest absolute Gasteiger partial charge is 0.227 e. The third-order valence-corrected chi connectivity index (χ3v) is 3.27. The largest absolute Gasteiger partial charge is 0.370 e. The van der Waals surface area contributed by atoms with Crippen LogP contribution in [0.15, 0.2) is 23.2 Å². The molecular formula is C15H24N4O. The molecule has 0 radical (unpaired) electrons. The van der Waals surface area contributed by atoms with E-state index in [9.17, 15) is 4.79 Å². The van der Waals surface area contributed by atoms with Gasteiger partial charge in [0.25, 0.3) is 0 Å². The molecule has 0 aromatic heterocycles. The Morgan fingerprint density at radius 3 is 2.50 bits per heavy atom. The van der Waals surface area contributed by atoms with E-state index in [1.807, 2.05) is 39.0 Å². The van der Waals surface area contributed by atoms with Crippen LogP contribution in [0.3, 0.4) is 0 Å². The predicted molar refractivity (Wildman–Crippen MR) is 83.9 cm³/mol. The van der Waals surface area contributed by atoms with Crippen LogP contribution in [-0.2, 0) is 4.79 Å². The van der Waals surface area contributed by atoms with E-state index in [1.165, 1.54) is 11.1 Å². The SMILES string of the molecule is CNC(=O)C(C)(C)CN=C(N)Nc1ccc(C)c(C)c1. The van der Waals surface area contributed by atoms with Gasteiger partial charge in [0, 0.05) is 12.7 Å². The molecule has 1 amide bonds. The van der Waals surface area contributed by atoms with E-state index in [0.29, 0.717) is 12.5 Å². The third-order valence-electron chi connectivity index (χ3n) is 3.27. The summed E-state index contributed by atoms with van der Waals surface area (Å²) in [6, 6.07) is 6.00. The van der Waals surface area contributed by atoms with Crippen molar-refractivity contribution in [3.8, 4) is 0 Å². The molecule has 1 aromatic rings. The minimum absolute atomic E-state index is 0.0553. The maximum Gasteiger partial charge on any atom is 0.227 e. The summed E-state index contributed by atoms with van der Waals surface area (Å²) in [5.74, 6) is 0.255. The van der Waals surface area contributed by atoms with Crippen LogP contribution in [0.5, 0.6) is 0 Å². The number of nitrogens with one attached hydrogen (secondary N) is 2. The molecular weight excluding hydrogens is 252 g/mol. The zero-order chi connectivity index (χ0) is 15.3. The normalized spacial score (nSPS) is 12.2. The highest BCUT2D eigenvalue weighted by atomic mass is 16.2. The van der Waals surface area contributed by atoms with Gasteiger partial charge in [-0.3, -0.25) is 9.79 Å². The number of carbonyl (C=O) groups is 1. The topological polar surface area (TPSA) is 79.5 Å². The maximum atomic E-state index is 11.6. The number of aryl methyl sites for hydroxylation is 2. The zero-order valence-corrected chi connectivity index (χ0v) is 12.9. The fraction of sp³-hybridized carbons (Fsp3) is 0.467. The average molecular weight is 276 g/mol. The molecule has 0 aliphatic rings. The number of hydrogen-bond acceptors (Lipinski definition) is 2. The van der Waals surface area contributed by atoms with Gasteiger partial charge in [-0.25, -0.2) is 0 Å². The summed E-state index contributed by atoms with van der Waals surface area (Å²) in [5.41, 5.74) is 8.58. The van der Waals surface area contributed by atoms with Gasteiger partial charge >= 0.3 is 0 Å². The van der Waals surface area contributed by atoms with Crippen LogP contribution in [0.2, 0.25) is 0 Å². The van der Waals surface area contributed by atoms with Gasteiger partial charge in [-0.05, 0) is 51.0 Å². The van der Waals surface area contributed by atoms with Crippen LogP contribution in [-0.4, -0.2) is 25.5 Å². The van der Waals surface area contributed by atoms with Gasteiger partial charge in [-0.2, -0.15) is 0 Å². The molecule has 0 unspecified atom stereocenters. The molecule has 0 fully saturated rings. The highest BCUT2D eigenvalue weighted by Crippen LogP contribution is 2.16. The highest BCUT2D eigenvalue weighted by Gasteiger charge is 2.26. The Hall–Kier alpha value is -2.04. The average Bonchev–Trinajstić information content (AvgIpc) is 2.40. The maximum absolute atomic E-state index is 11.6. The fourth-order valence-electron chi connectivity index (χ4n) is 1.70. The molecule has 0 aliphatic carbocycles. The summed E-state index contributed by atoms with van der Waals surface area (Å²) in [4.78, 5) is 15.9. The molecule has 0 spiro atoms. The number of amides is 1. The molecule has 0 saturated carbocycles. The molecule has 4 N–H and O–H groups in total. The number of hydrogen-bond donors (Lipinski definition) is 3. The van der Waals surface area contributed by atoms with Gasteiger partial charge in [-0.1, -0.05) is 6.07 Å². The Morgan fingerprint density at radius 1 is 1.30 bits per heavy atom. The monoisotopic (exact) mass is 276 g/mol. The number of guanidine groups is 1. The van der Waals surface area contributed by atoms with E-state index >= 15 is 0 Å². The quantitative estimate of drug-likeness (QED) is 0.579. The lowest BCUT2D eigenvalue weighted by Crippen LogP contribution is -2.37. The van der Waals surface area contributed by atoms with Crippen molar-refractivity contribution in [3.05, 3.63) is 29.3 Å². The molecule has 1 rings (SSSR count). The fourth-order valence-corrected chi connectivity index (χ4v) is 1.70. The minimum atomic E-state index is -0.579. The van der Waals surface area contributed by atoms with E-state index < -0.39 is 5.41 Å². The van der Waals surface area contributed by atoms with E-state index in [4.69, 9.17) is 5.73 Å². The first kappa shape index (κ1) is 16.0. The first-order valence-electron chi connectivity index (χ1n) is 6.62. The van der Waals surface area contributed by atoms with Crippen LogP contribution in [0, 0.1) is 19.3 Å². The molecule has 0 saturated heterocycles. The Labute approximate surface area is 120 Å². The van der Waals surface area contributed by atoms with E-state index in [0.717, 1.165) is 5.69 Å². The molecule has 110 valence electrons. The van der Waals surface area contributed by atoms with Crippen molar-refractivity contribution in [1.29, 1.82) is 0 Å². The van der Waals surface area contributed by atoms with E-state index in [-0.39, 0.29) is 5.91 Å².